The van der Waals surface area contributed by atoms with Gasteiger partial charge in [-0.3, -0.25) is 0 Å². The Kier molecular flexibility index (Phi) is 4.44. The lowest BCUT2D eigenvalue weighted by Gasteiger charge is -2.12. The van der Waals surface area contributed by atoms with Crippen molar-refractivity contribution >= 4 is 21.4 Å². The van der Waals surface area contributed by atoms with E-state index in [0.29, 0.717) is 11.6 Å². The summed E-state index contributed by atoms with van der Waals surface area (Å²) < 4.78 is 29.8. The van der Waals surface area contributed by atoms with Crippen molar-refractivity contribution in [3.63, 3.8) is 0 Å². The number of hydrogen-bond acceptors (Lipinski definition) is 4. The van der Waals surface area contributed by atoms with E-state index in [-0.39, 0.29) is 18.3 Å². The van der Waals surface area contributed by atoms with Crippen molar-refractivity contribution in [1.29, 1.82) is 0 Å². The average molecular weight is 318 g/mol. The monoisotopic (exact) mass is 317 g/mol. The minimum Gasteiger partial charge on any atom is -0.380 e. The molecule has 0 radical (unpaired) electrons. The van der Waals surface area contributed by atoms with Gasteiger partial charge in [-0.2, -0.15) is 0 Å². The molecule has 6 heteroatoms. The number of nitrogens with two attached hydrogens (primary N) is 1. The van der Waals surface area contributed by atoms with Gasteiger partial charge in [-0.25, -0.2) is 8.42 Å². The smallest absolute Gasteiger partial charge is 0.155 e. The van der Waals surface area contributed by atoms with E-state index in [1.54, 1.807) is 19.1 Å². The topological polar surface area (TPSA) is 69.4 Å². The van der Waals surface area contributed by atoms with Crippen molar-refractivity contribution in [3.05, 3.63) is 34.9 Å². The second kappa shape index (κ2) is 5.64. The van der Waals surface area contributed by atoms with Crippen LogP contribution in [0, 0.1) is 0 Å². The first-order chi connectivity index (χ1) is 9.36. The van der Waals surface area contributed by atoms with Crippen molar-refractivity contribution in [2.75, 3.05) is 19.0 Å². The van der Waals surface area contributed by atoms with Crippen molar-refractivity contribution in [3.8, 4) is 0 Å². The summed E-state index contributed by atoms with van der Waals surface area (Å²) in [4.78, 5) is 0. The molecule has 2 rings (SSSR count). The molecular formula is C14H20ClNO3S. The second-order valence-electron chi connectivity index (χ2n) is 5.15. The molecular weight excluding hydrogens is 298 g/mol. The fourth-order valence-electron chi connectivity index (χ4n) is 2.75. The van der Waals surface area contributed by atoms with Gasteiger partial charge in [-0.1, -0.05) is 30.7 Å². The molecule has 1 aromatic rings. The minimum absolute atomic E-state index is 0.0901. The first kappa shape index (κ1) is 15.8. The summed E-state index contributed by atoms with van der Waals surface area (Å²) in [6, 6.07) is 7.19. The number of hydrogen-bond donors (Lipinski definition) is 1. The lowest BCUT2D eigenvalue weighted by molar-refractivity contribution is 0.125. The van der Waals surface area contributed by atoms with Crippen LogP contribution < -0.4 is 5.73 Å². The normalized spacial score (nSPS) is 29.4. The van der Waals surface area contributed by atoms with Crippen LogP contribution in [0.2, 0.25) is 5.02 Å². The summed E-state index contributed by atoms with van der Waals surface area (Å²) in [5.74, 6) is -0.136. The predicted molar refractivity (Wildman–Crippen MR) is 80.9 cm³/mol. The molecule has 3 atom stereocenters. The summed E-state index contributed by atoms with van der Waals surface area (Å²) >= 11 is 5.87. The molecule has 0 unspecified atom stereocenters. The standard InChI is InChI=1S/C14H20ClNO3S/c1-3-19-9-14(16)12(13(14)20(17,18)4-2)10-5-7-11(15)8-6-10/h5-8,12-13H,3-4,9,16H2,1-2H3/t12-,13+,14+/m1/s1. The highest BCUT2D eigenvalue weighted by molar-refractivity contribution is 7.92. The third kappa shape index (κ3) is 2.72. The van der Waals surface area contributed by atoms with Gasteiger partial charge in [0.25, 0.3) is 0 Å². The van der Waals surface area contributed by atoms with E-state index in [1.165, 1.54) is 0 Å². The van der Waals surface area contributed by atoms with Crippen LogP contribution in [-0.4, -0.2) is 38.2 Å². The van der Waals surface area contributed by atoms with Crippen LogP contribution in [0.4, 0.5) is 0 Å². The van der Waals surface area contributed by atoms with Crippen LogP contribution in [0.25, 0.3) is 0 Å². The molecule has 0 amide bonds. The maximum Gasteiger partial charge on any atom is 0.155 e. The quantitative estimate of drug-likeness (QED) is 0.871. The summed E-state index contributed by atoms with van der Waals surface area (Å²) in [6.45, 7) is 4.28. The van der Waals surface area contributed by atoms with E-state index in [0.717, 1.165) is 5.56 Å². The Bertz CT molecular complexity index is 573. The molecule has 1 aliphatic carbocycles. The Balaban J connectivity index is 2.32. The van der Waals surface area contributed by atoms with Gasteiger partial charge in [0.15, 0.2) is 9.84 Å². The molecule has 0 spiro atoms. The van der Waals surface area contributed by atoms with Crippen LogP contribution in [0.5, 0.6) is 0 Å². The largest absolute Gasteiger partial charge is 0.380 e. The van der Waals surface area contributed by atoms with Crippen molar-refractivity contribution in [1.82, 2.24) is 0 Å². The average Bonchev–Trinajstić information content (AvgIpc) is 3.05. The molecule has 20 heavy (non-hydrogen) atoms. The number of rotatable bonds is 6. The fourth-order valence-corrected chi connectivity index (χ4v) is 4.87. The van der Waals surface area contributed by atoms with Gasteiger partial charge in [0, 0.05) is 23.3 Å². The van der Waals surface area contributed by atoms with Gasteiger partial charge in [-0.15, -0.1) is 0 Å². The van der Waals surface area contributed by atoms with Gasteiger partial charge < -0.3 is 10.5 Å². The molecule has 0 aliphatic heterocycles. The zero-order valence-electron chi connectivity index (χ0n) is 11.7. The Labute approximate surface area is 125 Å². The Morgan fingerprint density at radius 2 is 1.90 bits per heavy atom. The van der Waals surface area contributed by atoms with Crippen LogP contribution in [0.1, 0.15) is 25.3 Å². The lowest BCUT2D eigenvalue weighted by Crippen LogP contribution is -2.36. The summed E-state index contributed by atoms with van der Waals surface area (Å²) in [7, 11) is -3.21. The molecule has 1 fully saturated rings. The van der Waals surface area contributed by atoms with Crippen LogP contribution in [0.15, 0.2) is 24.3 Å². The van der Waals surface area contributed by atoms with Gasteiger partial charge in [0.1, 0.15) is 0 Å². The Hall–Kier alpha value is -0.620. The van der Waals surface area contributed by atoms with Gasteiger partial charge >= 0.3 is 0 Å². The number of ether oxygens (including phenoxy) is 1. The highest BCUT2D eigenvalue weighted by atomic mass is 35.5. The molecule has 0 aromatic heterocycles. The van der Waals surface area contributed by atoms with Crippen LogP contribution >= 0.6 is 11.6 Å². The lowest BCUT2D eigenvalue weighted by atomic mass is 10.1. The van der Waals surface area contributed by atoms with Gasteiger partial charge in [-0.05, 0) is 24.6 Å². The molecule has 0 heterocycles. The Morgan fingerprint density at radius 1 is 1.30 bits per heavy atom. The zero-order chi connectivity index (χ0) is 15.0. The summed E-state index contributed by atoms with van der Waals surface area (Å²) in [5.41, 5.74) is 6.38. The molecule has 1 aromatic carbocycles. The van der Waals surface area contributed by atoms with E-state index in [9.17, 15) is 8.42 Å². The zero-order valence-corrected chi connectivity index (χ0v) is 13.2. The van der Waals surface area contributed by atoms with Gasteiger partial charge in [0.2, 0.25) is 0 Å². The maximum atomic E-state index is 12.2. The molecule has 4 nitrogen and oxygen atoms in total. The van der Waals surface area contributed by atoms with Crippen molar-refractivity contribution in [2.45, 2.75) is 30.6 Å². The van der Waals surface area contributed by atoms with E-state index < -0.39 is 20.6 Å². The van der Waals surface area contributed by atoms with E-state index in [2.05, 4.69) is 0 Å². The van der Waals surface area contributed by atoms with Crippen LogP contribution in [-0.2, 0) is 14.6 Å². The summed E-state index contributed by atoms with van der Waals surface area (Å²) in [5, 5.41) is 0.0458. The number of halogens is 1. The molecule has 0 saturated heterocycles. The first-order valence-corrected chi connectivity index (χ1v) is 8.79. The van der Waals surface area contributed by atoms with Crippen LogP contribution in [0.3, 0.4) is 0 Å². The predicted octanol–water partition coefficient (Wildman–Crippen LogP) is 1.97. The van der Waals surface area contributed by atoms with Crippen molar-refractivity contribution in [2.24, 2.45) is 5.73 Å². The van der Waals surface area contributed by atoms with E-state index in [4.69, 9.17) is 22.1 Å². The SMILES string of the molecule is CCOC[C@]1(N)[C@H](c2ccc(Cl)cc2)[C@@H]1S(=O)(=O)CC. The maximum absolute atomic E-state index is 12.2. The first-order valence-electron chi connectivity index (χ1n) is 6.70. The summed E-state index contributed by atoms with van der Waals surface area (Å²) in [6.07, 6.45) is 0. The van der Waals surface area contributed by atoms with E-state index in [1.807, 2.05) is 19.1 Å². The molecule has 2 N–H and O–H groups in total. The molecule has 0 bridgehead atoms. The highest BCUT2D eigenvalue weighted by Gasteiger charge is 2.68. The second-order valence-corrected chi connectivity index (χ2v) is 8.00. The molecule has 1 aliphatic rings. The molecule has 1 saturated carbocycles. The Morgan fingerprint density at radius 3 is 2.40 bits per heavy atom. The number of sulfone groups is 1. The number of benzene rings is 1. The highest BCUT2D eigenvalue weighted by Crippen LogP contribution is 2.54. The minimum atomic E-state index is -3.21. The third-order valence-corrected chi connectivity index (χ3v) is 6.42. The van der Waals surface area contributed by atoms with Gasteiger partial charge in [0.05, 0.1) is 17.4 Å². The fraction of sp³-hybridized carbons (Fsp3) is 0.571. The third-order valence-electron chi connectivity index (χ3n) is 3.88. The van der Waals surface area contributed by atoms with E-state index >= 15 is 0 Å². The van der Waals surface area contributed by atoms with Crippen molar-refractivity contribution < 1.29 is 13.2 Å². The molecule has 112 valence electrons.